The third-order valence-electron chi connectivity index (χ3n) is 2.02. The number of aliphatic imine (C=N–C) groups is 1. The molecule has 0 atom stereocenters. The number of nitrogens with zero attached hydrogens (tertiary/aromatic N) is 2. The molecule has 0 radical (unpaired) electrons. The minimum atomic E-state index is 0.795. The van der Waals surface area contributed by atoms with Crippen LogP contribution in [0.1, 0.15) is 12.8 Å². The van der Waals surface area contributed by atoms with Crippen LogP contribution in [0.3, 0.4) is 0 Å². The van der Waals surface area contributed by atoms with Crippen molar-refractivity contribution < 1.29 is 0 Å². The van der Waals surface area contributed by atoms with Crippen molar-refractivity contribution >= 4 is 5.96 Å². The number of nitrogens with one attached hydrogen (secondary N) is 1. The Balaban J connectivity index is 2.38. The molecule has 1 aliphatic rings. The molecule has 0 spiro atoms. The standard InChI is InChI=1S/C9H17N3/c1-3-6-11-9(10-2)12-7-4-5-8-12/h3H,1,4-8H2,2H3,(H,10,11). The Morgan fingerprint density at radius 1 is 1.58 bits per heavy atom. The smallest absolute Gasteiger partial charge is 0.193 e. The lowest BCUT2D eigenvalue weighted by atomic mass is 10.4. The molecule has 0 saturated carbocycles. The summed E-state index contributed by atoms with van der Waals surface area (Å²) in [7, 11) is 1.82. The van der Waals surface area contributed by atoms with E-state index in [2.05, 4.69) is 21.8 Å². The van der Waals surface area contributed by atoms with Gasteiger partial charge in [0.15, 0.2) is 5.96 Å². The molecule has 1 fully saturated rings. The molecular formula is C9H17N3. The molecule has 0 aromatic heterocycles. The Morgan fingerprint density at radius 3 is 2.75 bits per heavy atom. The van der Waals surface area contributed by atoms with E-state index in [0.717, 1.165) is 25.6 Å². The fourth-order valence-corrected chi connectivity index (χ4v) is 1.42. The summed E-state index contributed by atoms with van der Waals surface area (Å²) in [6, 6.07) is 0. The third kappa shape index (κ3) is 2.26. The number of hydrogen-bond acceptors (Lipinski definition) is 1. The molecule has 12 heavy (non-hydrogen) atoms. The average molecular weight is 167 g/mol. The molecule has 0 amide bonds. The van der Waals surface area contributed by atoms with E-state index in [1.807, 2.05) is 13.1 Å². The SMILES string of the molecule is C=CCN/C(=N/C)N1CCCC1. The second kappa shape index (κ2) is 4.80. The molecule has 1 aliphatic heterocycles. The highest BCUT2D eigenvalue weighted by Crippen LogP contribution is 2.06. The average Bonchev–Trinajstić information content (AvgIpc) is 2.59. The Labute approximate surface area is 74.2 Å². The van der Waals surface area contributed by atoms with Gasteiger partial charge in [-0.3, -0.25) is 4.99 Å². The normalized spacial score (nSPS) is 18.1. The highest BCUT2D eigenvalue weighted by molar-refractivity contribution is 5.80. The zero-order chi connectivity index (χ0) is 8.81. The first-order valence-electron chi connectivity index (χ1n) is 4.45. The monoisotopic (exact) mass is 167 g/mol. The summed E-state index contributed by atoms with van der Waals surface area (Å²) in [4.78, 5) is 6.47. The van der Waals surface area contributed by atoms with E-state index < -0.39 is 0 Å². The highest BCUT2D eigenvalue weighted by atomic mass is 15.3. The van der Waals surface area contributed by atoms with Gasteiger partial charge < -0.3 is 10.2 Å². The molecule has 0 bridgehead atoms. The number of likely N-dealkylation sites (tertiary alicyclic amines) is 1. The number of guanidine groups is 1. The van der Waals surface area contributed by atoms with Crippen LogP contribution in [0.25, 0.3) is 0 Å². The van der Waals surface area contributed by atoms with Gasteiger partial charge in [0.1, 0.15) is 0 Å². The van der Waals surface area contributed by atoms with Crippen LogP contribution in [-0.2, 0) is 0 Å². The summed E-state index contributed by atoms with van der Waals surface area (Å²) in [5, 5.41) is 3.22. The van der Waals surface area contributed by atoms with Crippen molar-refractivity contribution in [1.82, 2.24) is 10.2 Å². The molecule has 0 aliphatic carbocycles. The Morgan fingerprint density at radius 2 is 2.25 bits per heavy atom. The van der Waals surface area contributed by atoms with Gasteiger partial charge in [-0.25, -0.2) is 0 Å². The van der Waals surface area contributed by atoms with Crippen molar-refractivity contribution in [2.75, 3.05) is 26.7 Å². The first-order chi connectivity index (χ1) is 5.88. The lowest BCUT2D eigenvalue weighted by molar-refractivity contribution is 0.498. The Bertz CT molecular complexity index is 169. The van der Waals surface area contributed by atoms with Gasteiger partial charge in [0.05, 0.1) is 0 Å². The minimum absolute atomic E-state index is 0.795. The van der Waals surface area contributed by atoms with E-state index in [-0.39, 0.29) is 0 Å². The summed E-state index contributed by atoms with van der Waals surface area (Å²) in [6.45, 7) is 6.72. The van der Waals surface area contributed by atoms with Gasteiger partial charge in [-0.05, 0) is 12.8 Å². The van der Waals surface area contributed by atoms with E-state index in [0.29, 0.717) is 0 Å². The van der Waals surface area contributed by atoms with Crippen LogP contribution in [0, 0.1) is 0 Å². The maximum absolute atomic E-state index is 4.19. The summed E-state index contributed by atoms with van der Waals surface area (Å²) < 4.78 is 0. The second-order valence-electron chi connectivity index (χ2n) is 2.91. The maximum Gasteiger partial charge on any atom is 0.193 e. The quantitative estimate of drug-likeness (QED) is 0.375. The first kappa shape index (κ1) is 9.10. The van der Waals surface area contributed by atoms with E-state index in [1.54, 1.807) is 0 Å². The zero-order valence-corrected chi connectivity index (χ0v) is 7.71. The van der Waals surface area contributed by atoms with Crippen LogP contribution >= 0.6 is 0 Å². The summed E-state index contributed by atoms with van der Waals surface area (Å²) in [5.41, 5.74) is 0. The predicted molar refractivity (Wildman–Crippen MR) is 52.4 cm³/mol. The van der Waals surface area contributed by atoms with Gasteiger partial charge in [0.25, 0.3) is 0 Å². The van der Waals surface area contributed by atoms with Gasteiger partial charge in [0.2, 0.25) is 0 Å². The van der Waals surface area contributed by atoms with Crippen molar-refractivity contribution in [3.05, 3.63) is 12.7 Å². The van der Waals surface area contributed by atoms with Crippen LogP contribution in [0.15, 0.2) is 17.6 Å². The highest BCUT2D eigenvalue weighted by Gasteiger charge is 2.14. The lowest BCUT2D eigenvalue weighted by Crippen LogP contribution is -2.39. The number of hydrogen-bond donors (Lipinski definition) is 1. The third-order valence-corrected chi connectivity index (χ3v) is 2.02. The van der Waals surface area contributed by atoms with E-state index in [1.165, 1.54) is 12.8 Å². The van der Waals surface area contributed by atoms with Gasteiger partial charge in [-0.1, -0.05) is 6.08 Å². The van der Waals surface area contributed by atoms with Gasteiger partial charge in [-0.15, -0.1) is 6.58 Å². The van der Waals surface area contributed by atoms with Gasteiger partial charge in [-0.2, -0.15) is 0 Å². The lowest BCUT2D eigenvalue weighted by Gasteiger charge is -2.19. The van der Waals surface area contributed by atoms with Crippen molar-refractivity contribution in [3.8, 4) is 0 Å². The maximum atomic E-state index is 4.19. The summed E-state index contributed by atoms with van der Waals surface area (Å²) in [6.07, 6.45) is 4.42. The second-order valence-corrected chi connectivity index (χ2v) is 2.91. The molecule has 1 saturated heterocycles. The molecule has 0 aromatic carbocycles. The topological polar surface area (TPSA) is 27.6 Å². The fraction of sp³-hybridized carbons (Fsp3) is 0.667. The van der Waals surface area contributed by atoms with Crippen LogP contribution in [0.5, 0.6) is 0 Å². The van der Waals surface area contributed by atoms with E-state index >= 15 is 0 Å². The molecule has 3 nitrogen and oxygen atoms in total. The zero-order valence-electron chi connectivity index (χ0n) is 7.71. The van der Waals surface area contributed by atoms with Crippen molar-refractivity contribution in [3.63, 3.8) is 0 Å². The first-order valence-corrected chi connectivity index (χ1v) is 4.45. The predicted octanol–water partition coefficient (Wildman–Crippen LogP) is 0.844. The molecular weight excluding hydrogens is 150 g/mol. The Hall–Kier alpha value is -0.990. The van der Waals surface area contributed by atoms with Crippen molar-refractivity contribution in [2.24, 2.45) is 4.99 Å². The molecule has 1 N–H and O–H groups in total. The van der Waals surface area contributed by atoms with E-state index in [9.17, 15) is 0 Å². The van der Waals surface area contributed by atoms with Crippen LogP contribution in [0.2, 0.25) is 0 Å². The van der Waals surface area contributed by atoms with Crippen molar-refractivity contribution in [2.45, 2.75) is 12.8 Å². The van der Waals surface area contributed by atoms with Crippen LogP contribution in [-0.4, -0.2) is 37.5 Å². The van der Waals surface area contributed by atoms with E-state index in [4.69, 9.17) is 0 Å². The Kier molecular flexibility index (Phi) is 3.64. The van der Waals surface area contributed by atoms with Gasteiger partial charge >= 0.3 is 0 Å². The minimum Gasteiger partial charge on any atom is -0.353 e. The summed E-state index contributed by atoms with van der Waals surface area (Å²) in [5.74, 6) is 1.01. The molecule has 0 aromatic rings. The fourth-order valence-electron chi connectivity index (χ4n) is 1.42. The van der Waals surface area contributed by atoms with Crippen molar-refractivity contribution in [1.29, 1.82) is 0 Å². The number of rotatable bonds is 2. The molecule has 1 rings (SSSR count). The van der Waals surface area contributed by atoms with Gasteiger partial charge in [0, 0.05) is 26.7 Å². The molecule has 3 heteroatoms. The molecule has 0 unspecified atom stereocenters. The largest absolute Gasteiger partial charge is 0.353 e. The molecule has 68 valence electrons. The van der Waals surface area contributed by atoms with Crippen LogP contribution in [0.4, 0.5) is 0 Å². The molecule has 1 heterocycles. The van der Waals surface area contributed by atoms with Crippen LogP contribution < -0.4 is 5.32 Å². The summed E-state index contributed by atoms with van der Waals surface area (Å²) >= 11 is 0.